The molecule has 0 N–H and O–H groups in total. The summed E-state index contributed by atoms with van der Waals surface area (Å²) in [6.07, 6.45) is 25.4. The van der Waals surface area contributed by atoms with Gasteiger partial charge >= 0.3 is 5.97 Å². The first-order chi connectivity index (χ1) is 20.3. The molecule has 0 radical (unpaired) electrons. The highest BCUT2D eigenvalue weighted by Gasteiger charge is 2.03. The third kappa shape index (κ3) is 36.8. The number of hydrogen-bond donors (Lipinski definition) is 0. The average molecular weight is 587 g/mol. The van der Waals surface area contributed by atoms with Crippen LogP contribution in [0.15, 0.2) is 0 Å². The summed E-state index contributed by atoms with van der Waals surface area (Å²) in [5, 5.41) is 0. The maximum absolute atomic E-state index is 11.8. The topological polar surface area (TPSA) is 81.7 Å². The Morgan fingerprint density at radius 3 is 1.15 bits per heavy atom. The molecule has 0 aliphatic rings. The molecule has 0 saturated carbocycles. The summed E-state index contributed by atoms with van der Waals surface area (Å²) in [4.78, 5) is 11.8. The van der Waals surface area contributed by atoms with Crippen LogP contribution >= 0.6 is 0 Å². The fourth-order valence-corrected chi connectivity index (χ4v) is 4.16. The van der Waals surface area contributed by atoms with Crippen LogP contribution in [0.2, 0.25) is 0 Å². The summed E-state index contributed by atoms with van der Waals surface area (Å²) in [7, 11) is 0. The van der Waals surface area contributed by atoms with E-state index < -0.39 is 0 Å². The Morgan fingerprint density at radius 1 is 0.463 bits per heavy atom. The lowest BCUT2D eigenvalue weighted by atomic mass is 10.0. The molecule has 0 rings (SSSR count). The van der Waals surface area contributed by atoms with Crippen LogP contribution in [0, 0.1) is 12.3 Å². The van der Waals surface area contributed by atoms with Crippen LogP contribution in [-0.4, -0.2) is 91.9 Å². The summed E-state index contributed by atoms with van der Waals surface area (Å²) in [5.41, 5.74) is 0. The van der Waals surface area contributed by atoms with Crippen LogP contribution in [0.3, 0.4) is 0 Å². The minimum absolute atomic E-state index is 0.126. The van der Waals surface area contributed by atoms with Crippen molar-refractivity contribution in [3.8, 4) is 12.3 Å². The number of carbonyl (C=O) groups is 1. The molecule has 0 amide bonds. The van der Waals surface area contributed by atoms with Gasteiger partial charge in [0.15, 0.2) is 0 Å². The first-order valence-electron chi connectivity index (χ1n) is 16.4. The van der Waals surface area contributed by atoms with Gasteiger partial charge in [-0.15, -0.1) is 6.42 Å². The van der Waals surface area contributed by atoms with E-state index in [0.29, 0.717) is 92.3 Å². The van der Waals surface area contributed by atoms with E-state index in [1.807, 2.05) is 0 Å². The molecule has 0 fully saturated rings. The zero-order chi connectivity index (χ0) is 29.7. The number of carbonyl (C=O) groups excluding carboxylic acids is 1. The van der Waals surface area contributed by atoms with Gasteiger partial charge in [-0.25, -0.2) is 0 Å². The van der Waals surface area contributed by atoms with Gasteiger partial charge in [0.25, 0.3) is 0 Å². The largest absolute Gasteiger partial charge is 0.463 e. The van der Waals surface area contributed by atoms with Crippen molar-refractivity contribution in [3.05, 3.63) is 0 Å². The molecule has 0 aromatic heterocycles. The van der Waals surface area contributed by atoms with Crippen LogP contribution in [-0.2, 0) is 38.0 Å². The standard InChI is InChI=1S/C33H62O8/c1-3-5-6-7-8-9-10-11-12-13-14-15-16-17-18-19-33(34)41-32-31-40-30-29-39-28-27-38-26-25-37-24-23-36-22-21-35-20-4-2/h2H,3,5-32H2,1H3. The van der Waals surface area contributed by atoms with Crippen molar-refractivity contribution >= 4 is 5.97 Å². The minimum atomic E-state index is -0.126. The Labute approximate surface area is 251 Å². The van der Waals surface area contributed by atoms with Gasteiger partial charge in [-0.1, -0.05) is 103 Å². The highest BCUT2D eigenvalue weighted by Crippen LogP contribution is 2.13. The van der Waals surface area contributed by atoms with E-state index >= 15 is 0 Å². The molecule has 0 saturated heterocycles. The SMILES string of the molecule is C#CCOCCOCCOCCOCCOCCOCCOC(=O)CCCCCCCCCCCCCCCCC. The number of hydrogen-bond acceptors (Lipinski definition) is 8. The van der Waals surface area contributed by atoms with Crippen molar-refractivity contribution in [3.63, 3.8) is 0 Å². The van der Waals surface area contributed by atoms with Gasteiger partial charge in [0, 0.05) is 6.42 Å². The Kier molecular flexibility index (Phi) is 35.7. The van der Waals surface area contributed by atoms with Crippen LogP contribution < -0.4 is 0 Å². The van der Waals surface area contributed by atoms with Gasteiger partial charge in [-0.2, -0.15) is 0 Å². The predicted molar refractivity (Wildman–Crippen MR) is 164 cm³/mol. The first kappa shape index (κ1) is 39.8. The van der Waals surface area contributed by atoms with E-state index in [9.17, 15) is 4.79 Å². The highest BCUT2D eigenvalue weighted by atomic mass is 16.6. The maximum atomic E-state index is 11.8. The van der Waals surface area contributed by atoms with Crippen molar-refractivity contribution in [1.82, 2.24) is 0 Å². The molecule has 0 aliphatic heterocycles. The average Bonchev–Trinajstić information content (AvgIpc) is 2.98. The molecule has 0 bridgehead atoms. The molecule has 8 nitrogen and oxygen atoms in total. The second-order valence-electron chi connectivity index (χ2n) is 10.2. The zero-order valence-electron chi connectivity index (χ0n) is 26.3. The van der Waals surface area contributed by atoms with Crippen LogP contribution in [0.5, 0.6) is 0 Å². The minimum Gasteiger partial charge on any atom is -0.463 e. The third-order valence-electron chi connectivity index (χ3n) is 6.52. The number of ether oxygens (including phenoxy) is 7. The molecular weight excluding hydrogens is 524 g/mol. The molecule has 242 valence electrons. The van der Waals surface area contributed by atoms with E-state index in [4.69, 9.17) is 39.6 Å². The summed E-state index contributed by atoms with van der Waals surface area (Å²) in [6, 6.07) is 0. The van der Waals surface area contributed by atoms with Gasteiger partial charge in [0.05, 0.1) is 72.7 Å². The first-order valence-corrected chi connectivity index (χ1v) is 16.4. The lowest BCUT2D eigenvalue weighted by Crippen LogP contribution is -2.15. The molecule has 0 spiro atoms. The number of unbranched alkanes of at least 4 members (excludes halogenated alkanes) is 14. The molecular formula is C33H62O8. The lowest BCUT2D eigenvalue weighted by molar-refractivity contribution is -0.145. The Balaban J connectivity index is 3.14. The van der Waals surface area contributed by atoms with Gasteiger partial charge < -0.3 is 33.2 Å². The molecule has 0 aromatic rings. The van der Waals surface area contributed by atoms with Crippen molar-refractivity contribution in [2.24, 2.45) is 0 Å². The third-order valence-corrected chi connectivity index (χ3v) is 6.52. The van der Waals surface area contributed by atoms with Crippen molar-refractivity contribution in [2.45, 2.75) is 110 Å². The van der Waals surface area contributed by atoms with Crippen molar-refractivity contribution in [1.29, 1.82) is 0 Å². The summed E-state index contributed by atoms with van der Waals surface area (Å²) in [6.45, 7) is 8.27. The highest BCUT2D eigenvalue weighted by molar-refractivity contribution is 5.69. The fraction of sp³-hybridized carbons (Fsp3) is 0.909. The Morgan fingerprint density at radius 2 is 0.780 bits per heavy atom. The fourth-order valence-electron chi connectivity index (χ4n) is 4.16. The molecule has 0 heterocycles. The second-order valence-corrected chi connectivity index (χ2v) is 10.2. The molecule has 0 aromatic carbocycles. The lowest BCUT2D eigenvalue weighted by Gasteiger charge is -2.08. The number of rotatable bonds is 35. The molecule has 0 unspecified atom stereocenters. The van der Waals surface area contributed by atoms with Gasteiger partial charge in [-0.05, 0) is 6.42 Å². The second kappa shape index (κ2) is 36.8. The van der Waals surface area contributed by atoms with Crippen LogP contribution in [0.25, 0.3) is 0 Å². The van der Waals surface area contributed by atoms with Crippen LogP contribution in [0.1, 0.15) is 110 Å². The molecule has 8 heteroatoms. The normalized spacial score (nSPS) is 11.1. The van der Waals surface area contributed by atoms with Crippen LogP contribution in [0.4, 0.5) is 0 Å². The summed E-state index contributed by atoms with van der Waals surface area (Å²) >= 11 is 0. The van der Waals surface area contributed by atoms with Gasteiger partial charge in [0.2, 0.25) is 0 Å². The summed E-state index contributed by atoms with van der Waals surface area (Å²) in [5.74, 6) is 2.27. The van der Waals surface area contributed by atoms with Crippen molar-refractivity contribution < 1.29 is 38.0 Å². The van der Waals surface area contributed by atoms with E-state index in [2.05, 4.69) is 12.8 Å². The Bertz CT molecular complexity index is 552. The monoisotopic (exact) mass is 586 g/mol. The number of esters is 1. The molecule has 0 aliphatic carbocycles. The van der Waals surface area contributed by atoms with E-state index in [1.54, 1.807) is 0 Å². The van der Waals surface area contributed by atoms with Crippen molar-refractivity contribution in [2.75, 3.05) is 85.9 Å². The quantitative estimate of drug-likeness (QED) is 0.0471. The molecule has 41 heavy (non-hydrogen) atoms. The summed E-state index contributed by atoms with van der Waals surface area (Å²) < 4.78 is 37.4. The maximum Gasteiger partial charge on any atom is 0.305 e. The van der Waals surface area contributed by atoms with Gasteiger partial charge in [0.1, 0.15) is 13.2 Å². The Hall–Kier alpha value is -1.21. The zero-order valence-corrected chi connectivity index (χ0v) is 26.3. The van der Waals surface area contributed by atoms with E-state index in [-0.39, 0.29) is 5.97 Å². The number of terminal acetylenes is 1. The predicted octanol–water partition coefficient (Wildman–Crippen LogP) is 6.52. The van der Waals surface area contributed by atoms with E-state index in [1.165, 1.54) is 83.5 Å². The van der Waals surface area contributed by atoms with Gasteiger partial charge in [-0.3, -0.25) is 4.79 Å². The smallest absolute Gasteiger partial charge is 0.305 e. The van der Waals surface area contributed by atoms with E-state index in [0.717, 1.165) is 12.8 Å². The molecule has 0 atom stereocenters.